The maximum absolute atomic E-state index is 12.7. The van der Waals surface area contributed by atoms with E-state index in [0.29, 0.717) is 12.1 Å². The molecule has 0 aromatic heterocycles. The second kappa shape index (κ2) is 10.8. The molecule has 172 valence electrons. The standard InChI is InChI=1S/C26H34N2O3S/c1-4-22-12-9-13-23(5-2)25(22)28(32(3,30)31)19-21-14-16-24(17-15-21)26(29)27-18-20-10-7-6-8-11-20/h9-10,12-17H,4-8,11,18-19H2,1-3H3,(H,27,29). The summed E-state index contributed by atoms with van der Waals surface area (Å²) in [5.41, 5.74) is 5.54. The highest BCUT2D eigenvalue weighted by molar-refractivity contribution is 7.92. The van der Waals surface area contributed by atoms with Crippen LogP contribution in [0.5, 0.6) is 0 Å². The predicted molar refractivity (Wildman–Crippen MR) is 132 cm³/mol. The first-order chi connectivity index (χ1) is 15.3. The van der Waals surface area contributed by atoms with E-state index in [1.54, 1.807) is 12.1 Å². The van der Waals surface area contributed by atoms with Crippen molar-refractivity contribution in [3.05, 3.63) is 76.4 Å². The number of carbonyl (C=O) groups excluding carboxylic acids is 1. The van der Waals surface area contributed by atoms with E-state index in [1.807, 2.05) is 44.2 Å². The van der Waals surface area contributed by atoms with Crippen molar-refractivity contribution in [3.8, 4) is 0 Å². The Hall–Kier alpha value is -2.60. The number of allylic oxidation sites excluding steroid dienone is 1. The zero-order valence-corrected chi connectivity index (χ0v) is 20.2. The molecular formula is C26H34N2O3S. The molecule has 5 nitrogen and oxygen atoms in total. The summed E-state index contributed by atoms with van der Waals surface area (Å²) >= 11 is 0. The molecule has 0 aliphatic heterocycles. The van der Waals surface area contributed by atoms with Gasteiger partial charge in [-0.15, -0.1) is 0 Å². The van der Waals surface area contributed by atoms with Gasteiger partial charge in [0, 0.05) is 12.1 Å². The van der Waals surface area contributed by atoms with Gasteiger partial charge in [-0.3, -0.25) is 9.10 Å². The van der Waals surface area contributed by atoms with E-state index in [0.717, 1.165) is 48.1 Å². The molecule has 6 heteroatoms. The fraction of sp³-hybridized carbons (Fsp3) is 0.423. The lowest BCUT2D eigenvalue weighted by atomic mass is 9.99. The number of benzene rings is 2. The second-order valence-corrected chi connectivity index (χ2v) is 10.3. The molecule has 0 heterocycles. The van der Waals surface area contributed by atoms with Gasteiger partial charge in [0.15, 0.2) is 0 Å². The zero-order chi connectivity index (χ0) is 23.1. The van der Waals surface area contributed by atoms with Gasteiger partial charge in [-0.25, -0.2) is 8.42 Å². The molecule has 32 heavy (non-hydrogen) atoms. The van der Waals surface area contributed by atoms with E-state index >= 15 is 0 Å². The van der Waals surface area contributed by atoms with Crippen molar-refractivity contribution < 1.29 is 13.2 Å². The third-order valence-corrected chi connectivity index (χ3v) is 7.13. The third kappa shape index (κ3) is 6.00. The summed E-state index contributed by atoms with van der Waals surface area (Å²) in [6.07, 6.45) is 9.55. The molecule has 0 saturated carbocycles. The number of sulfonamides is 1. The van der Waals surface area contributed by atoms with E-state index in [-0.39, 0.29) is 12.5 Å². The molecule has 2 aromatic carbocycles. The Morgan fingerprint density at radius 2 is 1.66 bits per heavy atom. The first-order valence-electron chi connectivity index (χ1n) is 11.5. The van der Waals surface area contributed by atoms with Crippen LogP contribution in [0.4, 0.5) is 5.69 Å². The Kier molecular flexibility index (Phi) is 8.13. The number of nitrogens with zero attached hydrogens (tertiary/aromatic N) is 1. The molecule has 0 radical (unpaired) electrons. The van der Waals surface area contributed by atoms with Gasteiger partial charge in [-0.05, 0) is 67.3 Å². The molecule has 3 rings (SSSR count). The quantitative estimate of drug-likeness (QED) is 0.542. The molecule has 0 unspecified atom stereocenters. The summed E-state index contributed by atoms with van der Waals surface area (Å²) in [6, 6.07) is 13.2. The Labute approximate surface area is 192 Å². The van der Waals surface area contributed by atoms with Gasteiger partial charge in [0.2, 0.25) is 10.0 Å². The summed E-state index contributed by atoms with van der Waals surface area (Å²) in [6.45, 7) is 4.90. The lowest BCUT2D eigenvalue weighted by Gasteiger charge is -2.27. The number of rotatable bonds is 9. The molecule has 1 N–H and O–H groups in total. The van der Waals surface area contributed by atoms with Crippen molar-refractivity contribution in [3.63, 3.8) is 0 Å². The van der Waals surface area contributed by atoms with Gasteiger partial charge in [-0.2, -0.15) is 0 Å². The summed E-state index contributed by atoms with van der Waals surface area (Å²) in [4.78, 5) is 12.5. The summed E-state index contributed by atoms with van der Waals surface area (Å²) < 4.78 is 27.0. The molecule has 0 fully saturated rings. The van der Waals surface area contributed by atoms with Crippen LogP contribution in [0.1, 0.15) is 66.6 Å². The van der Waals surface area contributed by atoms with E-state index in [9.17, 15) is 13.2 Å². The SMILES string of the molecule is CCc1cccc(CC)c1N(Cc1ccc(C(=O)NCC2=CCCCC2)cc1)S(C)(=O)=O. The van der Waals surface area contributed by atoms with Crippen LogP contribution in [0, 0.1) is 0 Å². The number of anilines is 1. The van der Waals surface area contributed by atoms with Crippen molar-refractivity contribution >= 4 is 21.6 Å². The Bertz CT molecular complexity index is 1050. The van der Waals surface area contributed by atoms with E-state index in [1.165, 1.54) is 29.0 Å². The number of para-hydroxylation sites is 1. The highest BCUT2D eigenvalue weighted by Gasteiger charge is 2.23. The average Bonchev–Trinajstić information content (AvgIpc) is 2.80. The zero-order valence-electron chi connectivity index (χ0n) is 19.4. The minimum Gasteiger partial charge on any atom is -0.348 e. The monoisotopic (exact) mass is 454 g/mol. The first kappa shape index (κ1) is 24.1. The van der Waals surface area contributed by atoms with E-state index in [4.69, 9.17) is 0 Å². The van der Waals surface area contributed by atoms with Crippen molar-refractivity contribution in [1.82, 2.24) is 5.32 Å². The number of hydrogen-bond donors (Lipinski definition) is 1. The van der Waals surface area contributed by atoms with Gasteiger partial charge in [-0.1, -0.05) is 55.8 Å². The van der Waals surface area contributed by atoms with Gasteiger partial charge in [0.05, 0.1) is 18.5 Å². The molecule has 0 atom stereocenters. The largest absolute Gasteiger partial charge is 0.348 e. The fourth-order valence-corrected chi connectivity index (χ4v) is 5.14. The van der Waals surface area contributed by atoms with Crippen LogP contribution >= 0.6 is 0 Å². The molecule has 1 aliphatic carbocycles. The van der Waals surface area contributed by atoms with Crippen LogP contribution < -0.4 is 9.62 Å². The van der Waals surface area contributed by atoms with Crippen LogP contribution in [0.2, 0.25) is 0 Å². The van der Waals surface area contributed by atoms with Crippen LogP contribution in [0.15, 0.2) is 54.1 Å². The van der Waals surface area contributed by atoms with Crippen LogP contribution in [0.25, 0.3) is 0 Å². The smallest absolute Gasteiger partial charge is 0.251 e. The van der Waals surface area contributed by atoms with Crippen molar-refractivity contribution in [2.75, 3.05) is 17.1 Å². The summed E-state index contributed by atoms with van der Waals surface area (Å²) in [5, 5.41) is 3.00. The highest BCUT2D eigenvalue weighted by Crippen LogP contribution is 2.30. The molecule has 0 saturated heterocycles. The Morgan fingerprint density at radius 1 is 1.00 bits per heavy atom. The van der Waals surface area contributed by atoms with Crippen molar-refractivity contribution in [2.24, 2.45) is 0 Å². The van der Waals surface area contributed by atoms with Gasteiger partial charge >= 0.3 is 0 Å². The normalized spacial score (nSPS) is 14.0. The maximum Gasteiger partial charge on any atom is 0.251 e. The highest BCUT2D eigenvalue weighted by atomic mass is 32.2. The van der Waals surface area contributed by atoms with Crippen LogP contribution in [0.3, 0.4) is 0 Å². The molecule has 2 aromatic rings. The predicted octanol–water partition coefficient (Wildman–Crippen LogP) is 5.01. The number of carbonyl (C=O) groups is 1. The van der Waals surface area contributed by atoms with Crippen LogP contribution in [-0.2, 0) is 29.4 Å². The first-order valence-corrected chi connectivity index (χ1v) is 13.3. The molecular weight excluding hydrogens is 420 g/mol. The number of hydrogen-bond acceptors (Lipinski definition) is 3. The van der Waals surface area contributed by atoms with E-state index in [2.05, 4.69) is 11.4 Å². The van der Waals surface area contributed by atoms with Gasteiger partial charge in [0.25, 0.3) is 5.91 Å². The Morgan fingerprint density at radius 3 is 2.19 bits per heavy atom. The van der Waals surface area contributed by atoms with Gasteiger partial charge < -0.3 is 5.32 Å². The minimum atomic E-state index is -3.48. The van der Waals surface area contributed by atoms with Crippen LogP contribution in [-0.4, -0.2) is 27.1 Å². The lowest BCUT2D eigenvalue weighted by Crippen LogP contribution is -2.31. The van der Waals surface area contributed by atoms with E-state index < -0.39 is 10.0 Å². The topological polar surface area (TPSA) is 66.5 Å². The fourth-order valence-electron chi connectivity index (χ4n) is 4.19. The number of amides is 1. The number of aryl methyl sites for hydroxylation is 2. The molecule has 0 spiro atoms. The van der Waals surface area contributed by atoms with Crippen molar-refractivity contribution in [1.29, 1.82) is 0 Å². The second-order valence-electron chi connectivity index (χ2n) is 8.39. The summed E-state index contributed by atoms with van der Waals surface area (Å²) in [7, 11) is -3.48. The minimum absolute atomic E-state index is 0.104. The Balaban J connectivity index is 1.77. The molecule has 1 aliphatic rings. The maximum atomic E-state index is 12.7. The molecule has 1 amide bonds. The van der Waals surface area contributed by atoms with Crippen molar-refractivity contribution in [2.45, 2.75) is 58.9 Å². The number of nitrogens with one attached hydrogen (secondary N) is 1. The lowest BCUT2D eigenvalue weighted by molar-refractivity contribution is 0.0956. The summed E-state index contributed by atoms with van der Waals surface area (Å²) in [5.74, 6) is -0.104. The average molecular weight is 455 g/mol. The molecule has 0 bridgehead atoms. The third-order valence-electron chi connectivity index (χ3n) is 6.02. The van der Waals surface area contributed by atoms with Gasteiger partial charge in [0.1, 0.15) is 0 Å².